The van der Waals surface area contributed by atoms with Gasteiger partial charge in [-0.3, -0.25) is 4.79 Å². The number of primary amides is 1. The quantitative estimate of drug-likeness (QED) is 0.403. The molecule has 1 aromatic heterocycles. The molecule has 0 bridgehead atoms. The molecule has 0 saturated carbocycles. The molecule has 0 fully saturated rings. The Morgan fingerprint density at radius 1 is 1.07 bits per heavy atom. The molecule has 28 heavy (non-hydrogen) atoms. The van der Waals surface area contributed by atoms with Crippen molar-refractivity contribution >= 4 is 18.0 Å². The maximum absolute atomic E-state index is 12.3. The average molecular weight is 372 g/mol. The van der Waals surface area contributed by atoms with E-state index in [2.05, 4.69) is 0 Å². The van der Waals surface area contributed by atoms with E-state index in [9.17, 15) is 9.59 Å². The SMILES string of the molecule is N#C/C(=C/c1ccc(-c2cccc(C(=O)OCc3ccccc3)c2)o1)C(N)=O. The minimum atomic E-state index is -0.830. The van der Waals surface area contributed by atoms with Gasteiger partial charge in [-0.05, 0) is 29.8 Å². The van der Waals surface area contributed by atoms with E-state index < -0.39 is 11.9 Å². The summed E-state index contributed by atoms with van der Waals surface area (Å²) in [7, 11) is 0. The summed E-state index contributed by atoms with van der Waals surface area (Å²) in [6.45, 7) is 0.184. The van der Waals surface area contributed by atoms with Crippen molar-refractivity contribution in [1.29, 1.82) is 5.26 Å². The Bertz CT molecular complexity index is 1080. The van der Waals surface area contributed by atoms with Crippen LogP contribution in [0.25, 0.3) is 17.4 Å². The molecule has 1 amide bonds. The highest BCUT2D eigenvalue weighted by atomic mass is 16.5. The second kappa shape index (κ2) is 8.52. The Labute approximate surface area is 161 Å². The van der Waals surface area contributed by atoms with Gasteiger partial charge < -0.3 is 14.9 Å². The van der Waals surface area contributed by atoms with Gasteiger partial charge in [0.1, 0.15) is 29.8 Å². The zero-order valence-electron chi connectivity index (χ0n) is 14.8. The number of nitriles is 1. The number of amides is 1. The smallest absolute Gasteiger partial charge is 0.338 e. The van der Waals surface area contributed by atoms with Crippen LogP contribution in [0, 0.1) is 11.3 Å². The van der Waals surface area contributed by atoms with Gasteiger partial charge in [0.15, 0.2) is 0 Å². The first-order chi connectivity index (χ1) is 13.6. The van der Waals surface area contributed by atoms with Crippen molar-refractivity contribution in [1.82, 2.24) is 0 Å². The molecular weight excluding hydrogens is 356 g/mol. The molecule has 0 atom stereocenters. The third-order valence-electron chi connectivity index (χ3n) is 3.89. The second-order valence-corrected chi connectivity index (χ2v) is 5.88. The number of esters is 1. The molecule has 3 aromatic rings. The first-order valence-corrected chi connectivity index (χ1v) is 8.40. The summed E-state index contributed by atoms with van der Waals surface area (Å²) in [4.78, 5) is 23.5. The average Bonchev–Trinajstić information content (AvgIpc) is 3.19. The topological polar surface area (TPSA) is 106 Å². The lowest BCUT2D eigenvalue weighted by atomic mass is 10.1. The number of furan rings is 1. The summed E-state index contributed by atoms with van der Waals surface area (Å²) in [5.74, 6) is -0.491. The van der Waals surface area contributed by atoms with E-state index in [0.29, 0.717) is 22.6 Å². The molecule has 0 radical (unpaired) electrons. The van der Waals surface area contributed by atoms with Crippen molar-refractivity contribution in [3.8, 4) is 17.4 Å². The summed E-state index contributed by atoms with van der Waals surface area (Å²) >= 11 is 0. The highest BCUT2D eigenvalue weighted by molar-refractivity contribution is 6.00. The van der Waals surface area contributed by atoms with Crippen LogP contribution < -0.4 is 5.73 Å². The van der Waals surface area contributed by atoms with Gasteiger partial charge in [-0.25, -0.2) is 4.79 Å². The molecule has 0 aliphatic rings. The van der Waals surface area contributed by atoms with Crippen LogP contribution in [0.3, 0.4) is 0 Å². The minimum absolute atomic E-state index is 0.184. The highest BCUT2D eigenvalue weighted by Gasteiger charge is 2.12. The second-order valence-electron chi connectivity index (χ2n) is 5.88. The molecule has 0 aliphatic carbocycles. The summed E-state index contributed by atoms with van der Waals surface area (Å²) in [6, 6.07) is 21.2. The Kier molecular flexibility index (Phi) is 5.68. The van der Waals surface area contributed by atoms with Crippen molar-refractivity contribution in [2.75, 3.05) is 0 Å². The fourth-order valence-electron chi connectivity index (χ4n) is 2.49. The van der Waals surface area contributed by atoms with Crippen molar-refractivity contribution in [3.63, 3.8) is 0 Å². The number of hydrogen-bond acceptors (Lipinski definition) is 5. The molecule has 0 saturated heterocycles. The van der Waals surface area contributed by atoms with E-state index >= 15 is 0 Å². The molecule has 138 valence electrons. The van der Waals surface area contributed by atoms with Gasteiger partial charge in [0.05, 0.1) is 5.56 Å². The van der Waals surface area contributed by atoms with E-state index in [-0.39, 0.29) is 12.2 Å². The monoisotopic (exact) mass is 372 g/mol. The third kappa shape index (κ3) is 4.54. The van der Waals surface area contributed by atoms with Gasteiger partial charge in [0, 0.05) is 11.6 Å². The Balaban J connectivity index is 1.75. The Morgan fingerprint density at radius 2 is 1.86 bits per heavy atom. The number of ether oxygens (including phenoxy) is 1. The van der Waals surface area contributed by atoms with Crippen molar-refractivity contribution in [3.05, 3.63) is 89.2 Å². The molecule has 0 aliphatic heterocycles. The zero-order chi connectivity index (χ0) is 19.9. The fourth-order valence-corrected chi connectivity index (χ4v) is 2.49. The van der Waals surface area contributed by atoms with Crippen LogP contribution in [0.2, 0.25) is 0 Å². The minimum Gasteiger partial charge on any atom is -0.457 e. The van der Waals surface area contributed by atoms with E-state index in [1.807, 2.05) is 30.3 Å². The molecule has 0 unspecified atom stereocenters. The predicted molar refractivity (Wildman–Crippen MR) is 102 cm³/mol. The Hall–Kier alpha value is -4.11. The summed E-state index contributed by atoms with van der Waals surface area (Å²) in [6.07, 6.45) is 1.27. The molecule has 2 aromatic carbocycles. The van der Waals surface area contributed by atoms with Crippen LogP contribution in [-0.4, -0.2) is 11.9 Å². The first kappa shape index (κ1) is 18.7. The number of hydrogen-bond donors (Lipinski definition) is 1. The van der Waals surface area contributed by atoms with Gasteiger partial charge >= 0.3 is 5.97 Å². The molecule has 2 N–H and O–H groups in total. The largest absolute Gasteiger partial charge is 0.457 e. The number of rotatable bonds is 6. The summed E-state index contributed by atoms with van der Waals surface area (Å²) in [5, 5.41) is 8.90. The number of nitrogens with zero attached hydrogens (tertiary/aromatic N) is 1. The predicted octanol–water partition coefficient (Wildman–Crippen LogP) is 3.70. The standard InChI is InChI=1S/C22H16N2O4/c23-13-18(21(24)25)12-19-9-10-20(28-19)16-7-4-8-17(11-16)22(26)27-14-15-5-2-1-3-6-15/h1-12H,14H2,(H2,24,25)/b18-12-. The van der Waals surface area contributed by atoms with Gasteiger partial charge in [-0.15, -0.1) is 0 Å². The number of nitrogens with two attached hydrogens (primary N) is 1. The zero-order valence-corrected chi connectivity index (χ0v) is 14.8. The van der Waals surface area contributed by atoms with Crippen LogP contribution in [0.4, 0.5) is 0 Å². The van der Waals surface area contributed by atoms with Crippen molar-refractivity contribution in [2.45, 2.75) is 6.61 Å². The molecule has 6 heteroatoms. The van der Waals surface area contributed by atoms with Crippen LogP contribution in [-0.2, 0) is 16.1 Å². The van der Waals surface area contributed by atoms with Crippen LogP contribution in [0.5, 0.6) is 0 Å². The molecule has 3 rings (SSSR count). The first-order valence-electron chi connectivity index (χ1n) is 8.40. The van der Waals surface area contributed by atoms with E-state index in [0.717, 1.165) is 5.56 Å². The summed E-state index contributed by atoms with van der Waals surface area (Å²) in [5.41, 5.74) is 6.85. The summed E-state index contributed by atoms with van der Waals surface area (Å²) < 4.78 is 11.0. The molecule has 0 spiro atoms. The van der Waals surface area contributed by atoms with Crippen LogP contribution in [0.1, 0.15) is 21.7 Å². The lowest BCUT2D eigenvalue weighted by Crippen LogP contribution is -2.12. The van der Waals surface area contributed by atoms with Gasteiger partial charge in [-0.2, -0.15) is 5.26 Å². The third-order valence-corrected chi connectivity index (χ3v) is 3.89. The normalized spacial score (nSPS) is 10.9. The van der Waals surface area contributed by atoms with Crippen molar-refractivity contribution < 1.29 is 18.7 Å². The maximum Gasteiger partial charge on any atom is 0.338 e. The lowest BCUT2D eigenvalue weighted by Gasteiger charge is -2.06. The number of carbonyl (C=O) groups is 2. The van der Waals surface area contributed by atoms with Crippen LogP contribution >= 0.6 is 0 Å². The van der Waals surface area contributed by atoms with E-state index in [1.54, 1.807) is 42.5 Å². The van der Waals surface area contributed by atoms with Crippen molar-refractivity contribution in [2.24, 2.45) is 5.73 Å². The van der Waals surface area contributed by atoms with Gasteiger partial charge in [0.25, 0.3) is 5.91 Å². The number of benzene rings is 2. The lowest BCUT2D eigenvalue weighted by molar-refractivity contribution is -0.114. The van der Waals surface area contributed by atoms with E-state index in [1.165, 1.54) is 6.08 Å². The Morgan fingerprint density at radius 3 is 2.57 bits per heavy atom. The maximum atomic E-state index is 12.3. The number of carbonyl (C=O) groups excluding carboxylic acids is 2. The van der Waals surface area contributed by atoms with Gasteiger partial charge in [0.2, 0.25) is 0 Å². The van der Waals surface area contributed by atoms with Gasteiger partial charge in [-0.1, -0.05) is 42.5 Å². The van der Waals surface area contributed by atoms with E-state index in [4.69, 9.17) is 20.1 Å². The molecule has 1 heterocycles. The van der Waals surface area contributed by atoms with Crippen LogP contribution in [0.15, 0.2) is 76.7 Å². The highest BCUT2D eigenvalue weighted by Crippen LogP contribution is 2.24. The molecule has 6 nitrogen and oxygen atoms in total. The molecular formula is C22H16N2O4. The fraction of sp³-hybridized carbons (Fsp3) is 0.0455.